The van der Waals surface area contributed by atoms with Crippen molar-refractivity contribution in [2.45, 2.75) is 57.5 Å². The number of nitrogens with one attached hydrogen (secondary N) is 1. The van der Waals surface area contributed by atoms with E-state index in [4.69, 9.17) is 5.73 Å². The smallest absolute Gasteiger partial charge is 0.226 e. The molecular weight excluding hydrogens is 312 g/mol. The summed E-state index contributed by atoms with van der Waals surface area (Å²) < 4.78 is 2.21. The van der Waals surface area contributed by atoms with Crippen LogP contribution in [0.25, 0.3) is 11.0 Å². The second-order valence-corrected chi connectivity index (χ2v) is 6.30. The van der Waals surface area contributed by atoms with E-state index in [1.165, 1.54) is 12.8 Å². The molecule has 1 aliphatic rings. The molecule has 1 unspecified atom stereocenters. The first-order chi connectivity index (χ1) is 10.6. The summed E-state index contributed by atoms with van der Waals surface area (Å²) in [6, 6.07) is 8.57. The lowest BCUT2D eigenvalue weighted by Crippen LogP contribution is -2.21. The highest BCUT2D eigenvalue weighted by atomic mass is 35.5. The van der Waals surface area contributed by atoms with Crippen LogP contribution in [0, 0.1) is 0 Å². The Balaban J connectivity index is 0.00000192. The largest absolute Gasteiger partial charge is 0.328 e. The van der Waals surface area contributed by atoms with Crippen molar-refractivity contribution in [3.63, 3.8) is 0 Å². The Kier molecular flexibility index (Phi) is 6.02. The molecule has 126 valence electrons. The fourth-order valence-corrected chi connectivity index (χ4v) is 3.21. The Morgan fingerprint density at radius 1 is 1.39 bits per heavy atom. The summed E-state index contributed by atoms with van der Waals surface area (Å²) in [6.45, 7) is 1.92. The van der Waals surface area contributed by atoms with E-state index in [-0.39, 0.29) is 24.4 Å². The molecule has 0 radical (unpaired) electrons. The Labute approximate surface area is 143 Å². The van der Waals surface area contributed by atoms with Gasteiger partial charge in [-0.05, 0) is 38.3 Å². The summed E-state index contributed by atoms with van der Waals surface area (Å²) in [6.07, 6.45) is 5.93. The van der Waals surface area contributed by atoms with Gasteiger partial charge in [0.15, 0.2) is 0 Å². The van der Waals surface area contributed by atoms with E-state index in [9.17, 15) is 4.79 Å². The van der Waals surface area contributed by atoms with Crippen LogP contribution in [0.4, 0.5) is 5.95 Å². The molecule has 1 aromatic carbocycles. The Hall–Kier alpha value is -1.59. The van der Waals surface area contributed by atoms with E-state index in [2.05, 4.69) is 20.9 Å². The van der Waals surface area contributed by atoms with Gasteiger partial charge >= 0.3 is 0 Å². The average Bonchev–Trinajstić information content (AvgIpc) is 3.11. The van der Waals surface area contributed by atoms with E-state index in [0.717, 1.165) is 23.9 Å². The van der Waals surface area contributed by atoms with Gasteiger partial charge in [-0.3, -0.25) is 10.1 Å². The predicted molar refractivity (Wildman–Crippen MR) is 96.0 cm³/mol. The molecule has 1 saturated carbocycles. The number of carbonyl (C=O) groups excluding carboxylic acids is 1. The zero-order chi connectivity index (χ0) is 15.5. The van der Waals surface area contributed by atoms with Gasteiger partial charge in [-0.25, -0.2) is 4.98 Å². The van der Waals surface area contributed by atoms with Gasteiger partial charge in [0.1, 0.15) is 0 Å². The van der Waals surface area contributed by atoms with Gasteiger partial charge in [-0.2, -0.15) is 0 Å². The van der Waals surface area contributed by atoms with Crippen molar-refractivity contribution >= 4 is 35.3 Å². The van der Waals surface area contributed by atoms with Crippen molar-refractivity contribution < 1.29 is 4.79 Å². The number of aromatic nitrogens is 2. The molecule has 1 heterocycles. The summed E-state index contributed by atoms with van der Waals surface area (Å²) in [5.74, 6) is 0.676. The monoisotopic (exact) mass is 336 g/mol. The second-order valence-electron chi connectivity index (χ2n) is 6.30. The van der Waals surface area contributed by atoms with Crippen LogP contribution in [-0.2, 0) is 4.79 Å². The van der Waals surface area contributed by atoms with E-state index < -0.39 is 0 Å². The molecule has 0 aliphatic heterocycles. The first-order valence-electron chi connectivity index (χ1n) is 8.17. The molecule has 23 heavy (non-hydrogen) atoms. The SMILES string of the molecule is CC(N)CCC(=O)Nc1nc2ccccc2n1C1CCCC1.Cl. The number of rotatable bonds is 5. The lowest BCUT2D eigenvalue weighted by Gasteiger charge is -2.16. The minimum absolute atomic E-state index is 0. The van der Waals surface area contributed by atoms with E-state index in [0.29, 0.717) is 24.8 Å². The molecule has 1 aromatic heterocycles. The first-order valence-corrected chi connectivity index (χ1v) is 8.17. The van der Waals surface area contributed by atoms with Gasteiger partial charge in [0, 0.05) is 18.5 Å². The molecule has 0 bridgehead atoms. The van der Waals surface area contributed by atoms with Crippen LogP contribution in [0.3, 0.4) is 0 Å². The lowest BCUT2D eigenvalue weighted by atomic mass is 10.2. The highest BCUT2D eigenvalue weighted by molar-refractivity contribution is 5.91. The van der Waals surface area contributed by atoms with Crippen LogP contribution >= 0.6 is 12.4 Å². The van der Waals surface area contributed by atoms with Crippen molar-refractivity contribution in [3.05, 3.63) is 24.3 Å². The number of hydrogen-bond donors (Lipinski definition) is 2. The van der Waals surface area contributed by atoms with Gasteiger partial charge in [0.2, 0.25) is 11.9 Å². The fraction of sp³-hybridized carbons (Fsp3) is 0.529. The molecule has 6 heteroatoms. The van der Waals surface area contributed by atoms with Crippen LogP contribution in [0.15, 0.2) is 24.3 Å². The number of halogens is 1. The maximum atomic E-state index is 12.1. The zero-order valence-corrected chi connectivity index (χ0v) is 14.3. The number of carbonyl (C=O) groups is 1. The topological polar surface area (TPSA) is 72.9 Å². The van der Waals surface area contributed by atoms with Crippen molar-refractivity contribution in [2.75, 3.05) is 5.32 Å². The van der Waals surface area contributed by atoms with Crippen LogP contribution in [-0.4, -0.2) is 21.5 Å². The van der Waals surface area contributed by atoms with Crippen molar-refractivity contribution in [3.8, 4) is 0 Å². The molecule has 1 fully saturated rings. The standard InChI is InChI=1S/C17H24N4O.ClH/c1-12(18)10-11-16(22)20-17-19-14-8-4-5-9-15(14)21(17)13-6-2-3-7-13;/h4-5,8-9,12-13H,2-3,6-7,10-11,18H2,1H3,(H,19,20,22);1H. The van der Waals surface area contributed by atoms with Crippen molar-refractivity contribution in [1.29, 1.82) is 0 Å². The van der Waals surface area contributed by atoms with Crippen molar-refractivity contribution in [1.82, 2.24) is 9.55 Å². The number of benzene rings is 1. The molecule has 1 amide bonds. The number of fused-ring (bicyclic) bond motifs is 1. The summed E-state index contributed by atoms with van der Waals surface area (Å²) in [5, 5.41) is 2.99. The zero-order valence-electron chi connectivity index (χ0n) is 13.5. The van der Waals surface area contributed by atoms with Gasteiger partial charge in [-0.1, -0.05) is 25.0 Å². The van der Waals surface area contributed by atoms with Crippen LogP contribution < -0.4 is 11.1 Å². The predicted octanol–water partition coefficient (Wildman–Crippen LogP) is 3.64. The molecule has 5 nitrogen and oxygen atoms in total. The third kappa shape index (κ3) is 4.03. The van der Waals surface area contributed by atoms with E-state index in [1.807, 2.05) is 25.1 Å². The van der Waals surface area contributed by atoms with E-state index >= 15 is 0 Å². The number of nitrogens with two attached hydrogens (primary N) is 1. The third-order valence-electron chi connectivity index (χ3n) is 4.36. The summed E-state index contributed by atoms with van der Waals surface area (Å²) in [5.41, 5.74) is 7.77. The van der Waals surface area contributed by atoms with E-state index in [1.54, 1.807) is 0 Å². The van der Waals surface area contributed by atoms with Gasteiger partial charge in [0.25, 0.3) is 0 Å². The fourth-order valence-electron chi connectivity index (χ4n) is 3.21. The molecule has 1 aliphatic carbocycles. The highest BCUT2D eigenvalue weighted by Gasteiger charge is 2.23. The first kappa shape index (κ1) is 17.8. The van der Waals surface area contributed by atoms with Gasteiger partial charge < -0.3 is 10.3 Å². The van der Waals surface area contributed by atoms with Crippen molar-refractivity contribution in [2.24, 2.45) is 5.73 Å². The molecule has 1 atom stereocenters. The number of anilines is 1. The molecule has 2 aromatic rings. The summed E-state index contributed by atoms with van der Waals surface area (Å²) in [4.78, 5) is 16.8. The van der Waals surface area contributed by atoms with Crippen LogP contribution in [0.1, 0.15) is 51.5 Å². The second kappa shape index (κ2) is 7.79. The van der Waals surface area contributed by atoms with Crippen LogP contribution in [0.5, 0.6) is 0 Å². The normalized spacial score (nSPS) is 16.3. The minimum atomic E-state index is -0.00754. The summed E-state index contributed by atoms with van der Waals surface area (Å²) >= 11 is 0. The quantitative estimate of drug-likeness (QED) is 0.875. The number of hydrogen-bond acceptors (Lipinski definition) is 3. The van der Waals surface area contributed by atoms with Crippen LogP contribution in [0.2, 0.25) is 0 Å². The molecule has 3 N–H and O–H groups in total. The maximum Gasteiger partial charge on any atom is 0.226 e. The maximum absolute atomic E-state index is 12.1. The summed E-state index contributed by atoms with van der Waals surface area (Å²) in [7, 11) is 0. The minimum Gasteiger partial charge on any atom is -0.328 e. The molecule has 3 rings (SSSR count). The Morgan fingerprint density at radius 2 is 2.09 bits per heavy atom. The van der Waals surface area contributed by atoms with Gasteiger partial charge in [-0.15, -0.1) is 12.4 Å². The lowest BCUT2D eigenvalue weighted by molar-refractivity contribution is -0.116. The highest BCUT2D eigenvalue weighted by Crippen LogP contribution is 2.35. The Bertz CT molecular complexity index is 662. The average molecular weight is 337 g/mol. The molecule has 0 saturated heterocycles. The molecular formula is C17H25ClN4O. The number of imidazole rings is 1. The van der Waals surface area contributed by atoms with Gasteiger partial charge in [0.05, 0.1) is 11.0 Å². The number of para-hydroxylation sites is 2. The Morgan fingerprint density at radius 3 is 2.78 bits per heavy atom. The number of amides is 1. The number of nitrogens with zero attached hydrogens (tertiary/aromatic N) is 2. The molecule has 0 spiro atoms. The third-order valence-corrected chi connectivity index (χ3v) is 4.36.